The molecule has 5 nitrogen and oxygen atoms in total. The van der Waals surface area contributed by atoms with E-state index in [4.69, 9.17) is 0 Å². The summed E-state index contributed by atoms with van der Waals surface area (Å²) in [6, 6.07) is 3.45. The van der Waals surface area contributed by atoms with Gasteiger partial charge in [0.1, 0.15) is 11.2 Å². The van der Waals surface area contributed by atoms with Crippen LogP contribution in [0.1, 0.15) is 16.2 Å². The minimum absolute atomic E-state index is 0.391. The molecule has 0 aliphatic carbocycles. The highest BCUT2D eigenvalue weighted by atomic mass is 16.5. The number of nitrogens with one attached hydrogen (secondary N) is 1. The quantitative estimate of drug-likeness (QED) is 0.684. The monoisotopic (exact) mass is 191 g/mol. The maximum absolute atomic E-state index is 11.2. The third kappa shape index (κ3) is 1.32. The van der Waals surface area contributed by atoms with Crippen LogP contribution in [0.2, 0.25) is 0 Å². The number of nitrogens with zero attached hydrogens (tertiary/aromatic N) is 2. The minimum atomic E-state index is -0.402. The molecule has 0 atom stereocenters. The number of fused-ring (bicyclic) bond motifs is 1. The van der Waals surface area contributed by atoms with Gasteiger partial charge in [-0.05, 0) is 19.1 Å². The fourth-order valence-electron chi connectivity index (χ4n) is 1.24. The standard InChI is InChI=1S/C9H9N3O2/c1-5-3-6-7(12-11-5)4-8(10-6)9(13)14-2/h3-4,10H,1-2H3. The average Bonchev–Trinajstić information content (AvgIpc) is 2.59. The van der Waals surface area contributed by atoms with Crippen LogP contribution in [0.3, 0.4) is 0 Å². The number of hydrogen-bond acceptors (Lipinski definition) is 4. The molecule has 2 heterocycles. The van der Waals surface area contributed by atoms with Crippen LogP contribution in [-0.2, 0) is 4.74 Å². The Morgan fingerprint density at radius 1 is 1.43 bits per heavy atom. The van der Waals surface area contributed by atoms with Crippen molar-refractivity contribution in [2.24, 2.45) is 0 Å². The number of carbonyl (C=O) groups excluding carboxylic acids is 1. The minimum Gasteiger partial charge on any atom is -0.464 e. The van der Waals surface area contributed by atoms with Crippen LogP contribution in [0.25, 0.3) is 11.0 Å². The van der Waals surface area contributed by atoms with E-state index in [0.717, 1.165) is 11.2 Å². The number of carbonyl (C=O) groups is 1. The van der Waals surface area contributed by atoms with Crippen LogP contribution >= 0.6 is 0 Å². The fraction of sp³-hybridized carbons (Fsp3) is 0.222. The van der Waals surface area contributed by atoms with Gasteiger partial charge in [0.25, 0.3) is 0 Å². The first-order valence-corrected chi connectivity index (χ1v) is 4.12. The summed E-state index contributed by atoms with van der Waals surface area (Å²) in [7, 11) is 1.34. The Hall–Kier alpha value is -1.91. The Bertz CT molecular complexity index is 490. The topological polar surface area (TPSA) is 67.9 Å². The van der Waals surface area contributed by atoms with E-state index in [1.165, 1.54) is 7.11 Å². The van der Waals surface area contributed by atoms with Gasteiger partial charge in [-0.3, -0.25) is 0 Å². The molecule has 5 heteroatoms. The molecule has 0 aliphatic rings. The van der Waals surface area contributed by atoms with Gasteiger partial charge in [-0.1, -0.05) is 0 Å². The summed E-state index contributed by atoms with van der Waals surface area (Å²) in [5.41, 5.74) is 2.65. The van der Waals surface area contributed by atoms with Gasteiger partial charge >= 0.3 is 5.97 Å². The van der Waals surface area contributed by atoms with Crippen LogP contribution < -0.4 is 0 Å². The Balaban J connectivity index is 2.56. The van der Waals surface area contributed by atoms with E-state index in [-0.39, 0.29) is 0 Å². The molecule has 0 fully saturated rings. The van der Waals surface area contributed by atoms with Crippen molar-refractivity contribution in [3.8, 4) is 0 Å². The first-order chi connectivity index (χ1) is 6.70. The van der Waals surface area contributed by atoms with E-state index in [1.54, 1.807) is 6.07 Å². The van der Waals surface area contributed by atoms with E-state index < -0.39 is 5.97 Å². The van der Waals surface area contributed by atoms with Crippen molar-refractivity contribution in [2.45, 2.75) is 6.92 Å². The second kappa shape index (κ2) is 3.10. The molecule has 2 rings (SSSR count). The maximum Gasteiger partial charge on any atom is 0.354 e. The zero-order valence-corrected chi connectivity index (χ0v) is 7.87. The van der Waals surface area contributed by atoms with E-state index in [2.05, 4.69) is 19.9 Å². The van der Waals surface area contributed by atoms with Gasteiger partial charge in [-0.15, -0.1) is 5.10 Å². The predicted octanol–water partition coefficient (Wildman–Crippen LogP) is 1.05. The molecule has 1 N–H and O–H groups in total. The van der Waals surface area contributed by atoms with Gasteiger partial charge in [0.05, 0.1) is 18.3 Å². The van der Waals surface area contributed by atoms with Gasteiger partial charge in [0.2, 0.25) is 0 Å². The number of aryl methyl sites for hydroxylation is 1. The Morgan fingerprint density at radius 2 is 2.21 bits per heavy atom. The maximum atomic E-state index is 11.2. The number of rotatable bonds is 1. The van der Waals surface area contributed by atoms with Crippen LogP contribution in [0.15, 0.2) is 12.1 Å². The zero-order valence-electron chi connectivity index (χ0n) is 7.87. The summed E-state index contributed by atoms with van der Waals surface area (Å²) < 4.78 is 4.58. The van der Waals surface area contributed by atoms with Crippen molar-refractivity contribution >= 4 is 17.0 Å². The van der Waals surface area contributed by atoms with Gasteiger partial charge in [0, 0.05) is 0 Å². The lowest BCUT2D eigenvalue weighted by molar-refractivity contribution is 0.0595. The molecule has 2 aromatic rings. The SMILES string of the molecule is COC(=O)c1cc2nnc(C)cc2[nH]1. The van der Waals surface area contributed by atoms with Crippen molar-refractivity contribution in [2.75, 3.05) is 7.11 Å². The lowest BCUT2D eigenvalue weighted by Gasteiger charge is -1.92. The lowest BCUT2D eigenvalue weighted by Crippen LogP contribution is -2.00. The molecule has 2 aromatic heterocycles. The lowest BCUT2D eigenvalue weighted by atomic mass is 10.3. The van der Waals surface area contributed by atoms with E-state index in [9.17, 15) is 4.79 Å². The number of hydrogen-bond donors (Lipinski definition) is 1. The summed E-state index contributed by atoms with van der Waals surface area (Å²) >= 11 is 0. The van der Waals surface area contributed by atoms with Gasteiger partial charge in [0.15, 0.2) is 0 Å². The average molecular weight is 191 g/mol. The largest absolute Gasteiger partial charge is 0.464 e. The van der Waals surface area contributed by atoms with Crippen LogP contribution in [0, 0.1) is 6.92 Å². The number of aromatic nitrogens is 3. The first-order valence-electron chi connectivity index (χ1n) is 4.12. The second-order valence-corrected chi connectivity index (χ2v) is 2.96. The fourth-order valence-corrected chi connectivity index (χ4v) is 1.24. The van der Waals surface area contributed by atoms with Gasteiger partial charge in [-0.25, -0.2) is 4.79 Å². The molecule has 0 bridgehead atoms. The summed E-state index contributed by atoms with van der Waals surface area (Å²) in [5, 5.41) is 7.81. The number of H-pyrrole nitrogens is 1. The van der Waals surface area contributed by atoms with Crippen molar-refractivity contribution in [1.82, 2.24) is 15.2 Å². The van der Waals surface area contributed by atoms with Crippen molar-refractivity contribution in [1.29, 1.82) is 0 Å². The summed E-state index contributed by atoms with van der Waals surface area (Å²) in [6.45, 7) is 1.84. The molecule has 0 amide bonds. The second-order valence-electron chi connectivity index (χ2n) is 2.96. The van der Waals surface area contributed by atoms with Crippen molar-refractivity contribution in [3.63, 3.8) is 0 Å². The van der Waals surface area contributed by atoms with Gasteiger partial charge in [-0.2, -0.15) is 5.10 Å². The molecule has 0 saturated heterocycles. The van der Waals surface area contributed by atoms with E-state index >= 15 is 0 Å². The number of ether oxygens (including phenoxy) is 1. The molecule has 0 radical (unpaired) electrons. The molecule has 0 saturated carbocycles. The summed E-state index contributed by atoms with van der Waals surface area (Å²) in [6.07, 6.45) is 0. The van der Waals surface area contributed by atoms with Gasteiger partial charge < -0.3 is 9.72 Å². The van der Waals surface area contributed by atoms with Crippen LogP contribution in [0.4, 0.5) is 0 Å². The molecular formula is C9H9N3O2. The smallest absolute Gasteiger partial charge is 0.354 e. The molecule has 0 unspecified atom stereocenters. The zero-order chi connectivity index (χ0) is 10.1. The van der Waals surface area contributed by atoms with E-state index in [1.807, 2.05) is 13.0 Å². The Kier molecular flexibility index (Phi) is 1.92. The third-order valence-electron chi connectivity index (χ3n) is 1.90. The molecular weight excluding hydrogens is 182 g/mol. The molecule has 72 valence electrons. The number of aromatic amines is 1. The Morgan fingerprint density at radius 3 is 2.93 bits per heavy atom. The van der Waals surface area contributed by atoms with E-state index in [0.29, 0.717) is 11.2 Å². The number of esters is 1. The van der Waals surface area contributed by atoms with Crippen LogP contribution in [-0.4, -0.2) is 28.3 Å². The molecule has 14 heavy (non-hydrogen) atoms. The van der Waals surface area contributed by atoms with Crippen molar-refractivity contribution in [3.05, 3.63) is 23.5 Å². The summed E-state index contributed by atoms with van der Waals surface area (Å²) in [5.74, 6) is -0.402. The third-order valence-corrected chi connectivity index (χ3v) is 1.90. The number of methoxy groups -OCH3 is 1. The normalized spacial score (nSPS) is 10.4. The van der Waals surface area contributed by atoms with Crippen molar-refractivity contribution < 1.29 is 9.53 Å². The Labute approximate surface area is 80.1 Å². The first kappa shape index (κ1) is 8.68. The predicted molar refractivity (Wildman–Crippen MR) is 50.0 cm³/mol. The van der Waals surface area contributed by atoms with Crippen LogP contribution in [0.5, 0.6) is 0 Å². The summed E-state index contributed by atoms with van der Waals surface area (Å²) in [4.78, 5) is 14.1. The highest BCUT2D eigenvalue weighted by Crippen LogP contribution is 2.12. The highest BCUT2D eigenvalue weighted by molar-refractivity contribution is 5.93. The molecule has 0 aromatic carbocycles. The highest BCUT2D eigenvalue weighted by Gasteiger charge is 2.09. The molecule has 0 spiro atoms. The molecule has 0 aliphatic heterocycles.